The first-order chi connectivity index (χ1) is 56.7. The van der Waals surface area contributed by atoms with Gasteiger partial charge in [0.2, 0.25) is 0 Å². The van der Waals surface area contributed by atoms with Crippen molar-refractivity contribution in [1.82, 2.24) is 0 Å². The molecule has 2 spiro atoms. The van der Waals surface area contributed by atoms with E-state index in [1.807, 2.05) is 0 Å². The van der Waals surface area contributed by atoms with Crippen LogP contribution < -0.4 is 4.90 Å². The number of hydrogen-bond donors (Lipinski definition) is 0. The monoisotopic (exact) mass is 1500 g/mol. The highest BCUT2D eigenvalue weighted by atomic mass is 16.3. The lowest BCUT2D eigenvalue weighted by atomic mass is 9.62. The van der Waals surface area contributed by atoms with Gasteiger partial charge in [-0.2, -0.15) is 0 Å². The first kappa shape index (κ1) is 72.0. The summed E-state index contributed by atoms with van der Waals surface area (Å²) in [6.07, 6.45) is 29.5. The van der Waals surface area contributed by atoms with Gasteiger partial charge in [-0.15, -0.1) is 0 Å². The Balaban J connectivity index is 0.833. The van der Waals surface area contributed by atoms with Crippen molar-refractivity contribution in [2.24, 2.45) is 0 Å². The molecule has 21 rings (SSSR count). The molecular weight excluding hydrogens is 1390 g/mol. The molecule has 0 radical (unpaired) electrons. The second-order valence-corrected chi connectivity index (χ2v) is 35.3. The first-order valence-corrected chi connectivity index (χ1v) is 44.6. The molecule has 6 aliphatic carbocycles. The molecule has 2 heterocycles. The van der Waals surface area contributed by atoms with Crippen LogP contribution in [0, 0.1) is 13.8 Å². The predicted octanol–water partition coefficient (Wildman–Crippen LogP) is 32.2. The molecule has 0 aliphatic heterocycles. The molecule has 0 amide bonds. The molecule has 115 heavy (non-hydrogen) atoms. The summed E-state index contributed by atoms with van der Waals surface area (Å²) in [7, 11) is 0. The molecule has 0 saturated carbocycles. The highest BCUT2D eigenvalue weighted by Crippen LogP contribution is 2.72. The third-order valence-electron chi connectivity index (χ3n) is 29.1. The van der Waals surface area contributed by atoms with E-state index < -0.39 is 10.8 Å². The van der Waals surface area contributed by atoms with Crippen LogP contribution in [-0.4, -0.2) is 0 Å². The van der Waals surface area contributed by atoms with Gasteiger partial charge in [0.1, 0.15) is 22.3 Å². The Morgan fingerprint density at radius 3 is 1.19 bits per heavy atom. The minimum absolute atomic E-state index is 0.183. The zero-order valence-corrected chi connectivity index (χ0v) is 68.4. The molecule has 15 aromatic rings. The lowest BCUT2D eigenvalue weighted by Crippen LogP contribution is -2.33. The van der Waals surface area contributed by atoms with Crippen molar-refractivity contribution in [1.29, 1.82) is 0 Å². The average Bonchev–Trinajstić information content (AvgIpc) is 1.49. The van der Waals surface area contributed by atoms with Gasteiger partial charge >= 0.3 is 0 Å². The quantitative estimate of drug-likeness (QED) is 0.0481. The Kier molecular flexibility index (Phi) is 17.9. The molecule has 0 fully saturated rings. The molecule has 3 nitrogen and oxygen atoms in total. The number of aryl methyl sites for hydroxylation is 2. The number of para-hydroxylation sites is 3. The zero-order chi connectivity index (χ0) is 77.3. The minimum Gasteiger partial charge on any atom is -0.456 e. The molecule has 0 saturated heterocycles. The number of nitrogens with zero attached hydrogens (tertiary/aromatic N) is 1. The predicted molar refractivity (Wildman–Crippen MR) is 484 cm³/mol. The number of fused-ring (bicyclic) bond motifs is 36. The molecule has 0 bridgehead atoms. The van der Waals surface area contributed by atoms with Crippen molar-refractivity contribution in [3.8, 4) is 66.8 Å². The van der Waals surface area contributed by atoms with E-state index in [1.54, 1.807) is 16.7 Å². The Morgan fingerprint density at radius 1 is 0.261 bits per heavy atom. The Labute approximate surface area is 680 Å². The summed E-state index contributed by atoms with van der Waals surface area (Å²) in [5.74, 6) is 0. The van der Waals surface area contributed by atoms with Crippen molar-refractivity contribution in [3.63, 3.8) is 0 Å². The second kappa shape index (κ2) is 28.6. The third-order valence-corrected chi connectivity index (χ3v) is 29.1. The van der Waals surface area contributed by atoms with E-state index in [-0.39, 0.29) is 10.8 Å². The molecule has 13 aromatic carbocycles. The highest BCUT2D eigenvalue weighted by molar-refractivity contribution is 6.22. The molecule has 2 aromatic heterocycles. The Hall–Kier alpha value is -10.7. The number of hydrogen-bond acceptors (Lipinski definition) is 3. The van der Waals surface area contributed by atoms with Crippen molar-refractivity contribution in [2.45, 2.75) is 217 Å². The normalized spacial score (nSPS) is 14.9. The fourth-order valence-electron chi connectivity index (χ4n) is 24.3. The lowest BCUT2D eigenvalue weighted by Gasteiger charge is -2.40. The Morgan fingerprint density at radius 2 is 0.652 bits per heavy atom. The molecule has 572 valence electrons. The van der Waals surface area contributed by atoms with Crippen molar-refractivity contribution >= 4 is 60.9 Å². The number of benzene rings is 13. The SMILES string of the molecule is CCCCCCCC1(CCCCCCC)c2ccccc2-c2c1c1c(c3c2oc2ccccc23)-c2ccc(N(c3ccc4c(c3)C3(c5ccccc5-c5ccccc53)c3cc5c(cc3-4)C3(c4ccccc4-c4ccccc43)c3ccc4oc6ccccc6c4c3-5)c3c(C)cccc3C)cc2C1(CCCCCCC)CCCCCCC. The van der Waals surface area contributed by atoms with Crippen LogP contribution in [0.1, 0.15) is 260 Å². The topological polar surface area (TPSA) is 29.5 Å². The summed E-state index contributed by atoms with van der Waals surface area (Å²) >= 11 is 0. The van der Waals surface area contributed by atoms with E-state index in [2.05, 4.69) is 295 Å². The fourth-order valence-corrected chi connectivity index (χ4v) is 24.3. The molecular formula is C112H107NO2. The van der Waals surface area contributed by atoms with Crippen LogP contribution in [0.25, 0.3) is 111 Å². The number of furan rings is 2. The van der Waals surface area contributed by atoms with Gasteiger partial charge in [-0.1, -0.05) is 350 Å². The maximum Gasteiger partial charge on any atom is 0.144 e. The minimum atomic E-state index is -0.692. The third kappa shape index (κ3) is 10.4. The molecule has 0 atom stereocenters. The van der Waals surface area contributed by atoms with E-state index in [9.17, 15) is 0 Å². The average molecular weight is 1500 g/mol. The van der Waals surface area contributed by atoms with Crippen LogP contribution in [0.4, 0.5) is 17.1 Å². The van der Waals surface area contributed by atoms with Gasteiger partial charge < -0.3 is 13.7 Å². The first-order valence-electron chi connectivity index (χ1n) is 44.6. The van der Waals surface area contributed by atoms with Gasteiger partial charge in [0.15, 0.2) is 0 Å². The standard InChI is InChI=1S/C112H107NO2/c1-7-11-15-19-37-64-109(65-38-20-16-12-8-2)87-51-30-27-48-81(87)104-106(109)105-102(103-84-50-29-36-57-98(84)115-108(103)104)82-61-59-74(68-93(82)110(105,66-39-21-17-13-9-3)67-40-22-18-14-10-4)113(107-72(5)42-41-43-73(107)6)75-58-60-80-85-70-96-86(71-95(85)112(94(80)69-75)90-54-33-25-46-78(90)79-47-26-34-55-91(79)112)100-92(62-63-99-101(100)83-49-28-35-56-97(83)114-99)111(96)88-52-31-23-44-76(88)77-45-24-32-53-89(77)111/h23-36,41-63,68-71H,7-22,37-40,64-67H2,1-6H3. The van der Waals surface area contributed by atoms with Crippen LogP contribution in [0.15, 0.2) is 258 Å². The van der Waals surface area contributed by atoms with Crippen LogP contribution >= 0.6 is 0 Å². The van der Waals surface area contributed by atoms with Crippen molar-refractivity contribution < 1.29 is 8.83 Å². The summed E-state index contributed by atoms with van der Waals surface area (Å²) in [6, 6.07) is 98.1. The number of anilines is 3. The molecule has 0 unspecified atom stereocenters. The van der Waals surface area contributed by atoms with E-state index in [0.717, 1.165) is 53.4 Å². The summed E-state index contributed by atoms with van der Waals surface area (Å²) in [4.78, 5) is 2.74. The lowest BCUT2D eigenvalue weighted by molar-refractivity contribution is 0.369. The maximum absolute atomic E-state index is 7.68. The molecule has 0 N–H and O–H groups in total. The van der Waals surface area contributed by atoms with Gasteiger partial charge in [-0.05, 0) is 233 Å². The smallest absolute Gasteiger partial charge is 0.144 e. The van der Waals surface area contributed by atoms with Crippen LogP contribution in [0.2, 0.25) is 0 Å². The van der Waals surface area contributed by atoms with Gasteiger partial charge in [0, 0.05) is 49.3 Å². The number of rotatable bonds is 27. The van der Waals surface area contributed by atoms with Crippen molar-refractivity contribution in [2.75, 3.05) is 4.90 Å². The van der Waals surface area contributed by atoms with E-state index in [1.165, 1.54) is 290 Å². The summed E-state index contributed by atoms with van der Waals surface area (Å²) < 4.78 is 14.6. The van der Waals surface area contributed by atoms with Crippen molar-refractivity contribution in [3.05, 3.63) is 327 Å². The Bertz CT molecular complexity index is 6240. The fraction of sp³-hybridized carbons (Fsp3) is 0.304. The van der Waals surface area contributed by atoms with Crippen LogP contribution in [-0.2, 0) is 21.7 Å². The van der Waals surface area contributed by atoms with E-state index in [4.69, 9.17) is 8.83 Å². The zero-order valence-electron chi connectivity index (χ0n) is 68.4. The van der Waals surface area contributed by atoms with Gasteiger partial charge in [0.05, 0.1) is 16.5 Å². The summed E-state index contributed by atoms with van der Waals surface area (Å²) in [5.41, 5.74) is 41.5. The largest absolute Gasteiger partial charge is 0.456 e. The van der Waals surface area contributed by atoms with E-state index >= 15 is 0 Å². The van der Waals surface area contributed by atoms with Crippen LogP contribution in [0.3, 0.4) is 0 Å². The molecule has 6 aliphatic rings. The van der Waals surface area contributed by atoms with Gasteiger partial charge in [0.25, 0.3) is 0 Å². The summed E-state index contributed by atoms with van der Waals surface area (Å²) in [6.45, 7) is 14.2. The second-order valence-electron chi connectivity index (χ2n) is 35.3. The number of unbranched alkanes of at least 4 members (excludes halogenated alkanes) is 16. The van der Waals surface area contributed by atoms with E-state index in [0.29, 0.717) is 0 Å². The van der Waals surface area contributed by atoms with Gasteiger partial charge in [-0.25, -0.2) is 0 Å². The highest BCUT2D eigenvalue weighted by Gasteiger charge is 2.59. The summed E-state index contributed by atoms with van der Waals surface area (Å²) in [5, 5.41) is 4.92. The van der Waals surface area contributed by atoms with Crippen LogP contribution in [0.5, 0.6) is 0 Å². The van der Waals surface area contributed by atoms with Gasteiger partial charge in [-0.3, -0.25) is 0 Å². The molecule has 3 heteroatoms. The maximum atomic E-state index is 7.68.